The molecule has 0 atom stereocenters. The fourth-order valence-electron chi connectivity index (χ4n) is 2.75. The Labute approximate surface area is 116 Å². The van der Waals surface area contributed by atoms with Crippen molar-refractivity contribution in [2.45, 2.75) is 44.6 Å². The molecular formula is C16H25FN2. The first-order chi connectivity index (χ1) is 9.25. The molecule has 1 fully saturated rings. The summed E-state index contributed by atoms with van der Waals surface area (Å²) in [5.74, 6) is -0.170. The Bertz CT molecular complexity index is 358. The number of halogens is 1. The summed E-state index contributed by atoms with van der Waals surface area (Å²) in [6, 6.07) is 7.45. The Morgan fingerprint density at radius 1 is 1.16 bits per heavy atom. The predicted octanol–water partition coefficient (Wildman–Crippen LogP) is 3.57. The number of rotatable bonds is 6. The summed E-state index contributed by atoms with van der Waals surface area (Å²) in [5, 5.41) is 3.65. The van der Waals surface area contributed by atoms with Gasteiger partial charge in [0.1, 0.15) is 5.82 Å². The van der Waals surface area contributed by atoms with Gasteiger partial charge in [0.25, 0.3) is 0 Å². The van der Waals surface area contributed by atoms with Crippen LogP contribution in [-0.4, -0.2) is 26.2 Å². The van der Waals surface area contributed by atoms with Gasteiger partial charge in [-0.1, -0.05) is 19.3 Å². The monoisotopic (exact) mass is 264 g/mol. The lowest BCUT2D eigenvalue weighted by molar-refractivity contribution is 0.373. The molecule has 0 aromatic heterocycles. The van der Waals surface area contributed by atoms with Crippen molar-refractivity contribution >= 4 is 5.69 Å². The predicted molar refractivity (Wildman–Crippen MR) is 79.2 cm³/mol. The van der Waals surface area contributed by atoms with E-state index in [1.807, 2.05) is 12.1 Å². The molecule has 1 aromatic rings. The molecule has 1 aromatic carbocycles. The molecule has 2 nitrogen and oxygen atoms in total. The number of hydrogen-bond donors (Lipinski definition) is 1. The van der Waals surface area contributed by atoms with Crippen molar-refractivity contribution < 1.29 is 4.39 Å². The zero-order valence-electron chi connectivity index (χ0n) is 11.9. The molecule has 3 heteroatoms. The van der Waals surface area contributed by atoms with Crippen LogP contribution >= 0.6 is 0 Å². The van der Waals surface area contributed by atoms with Crippen LogP contribution in [0.4, 0.5) is 10.1 Å². The molecule has 0 bridgehead atoms. The molecule has 2 rings (SSSR count). The third-order valence-corrected chi connectivity index (χ3v) is 3.98. The Morgan fingerprint density at radius 2 is 1.84 bits per heavy atom. The number of benzene rings is 1. The Balaban J connectivity index is 1.63. The normalized spacial score (nSPS) is 16.5. The molecule has 0 heterocycles. The van der Waals surface area contributed by atoms with Gasteiger partial charge in [-0.15, -0.1) is 0 Å². The maximum absolute atomic E-state index is 12.8. The highest BCUT2D eigenvalue weighted by Gasteiger charge is 2.11. The smallest absolute Gasteiger partial charge is 0.123 e. The molecule has 1 aliphatic rings. The van der Waals surface area contributed by atoms with Crippen LogP contribution in [0.25, 0.3) is 0 Å². The first kappa shape index (κ1) is 14.3. The third-order valence-electron chi connectivity index (χ3n) is 3.98. The molecule has 0 radical (unpaired) electrons. The van der Waals surface area contributed by atoms with Crippen molar-refractivity contribution in [3.63, 3.8) is 0 Å². The molecular weight excluding hydrogens is 239 g/mol. The van der Waals surface area contributed by atoms with E-state index in [4.69, 9.17) is 0 Å². The van der Waals surface area contributed by atoms with Gasteiger partial charge in [-0.2, -0.15) is 0 Å². The van der Waals surface area contributed by atoms with Crippen molar-refractivity contribution in [2.24, 2.45) is 0 Å². The van der Waals surface area contributed by atoms with E-state index in [0.717, 1.165) is 31.2 Å². The van der Waals surface area contributed by atoms with E-state index in [1.165, 1.54) is 44.2 Å². The first-order valence-electron chi connectivity index (χ1n) is 7.46. The Hall–Kier alpha value is -1.09. The van der Waals surface area contributed by atoms with E-state index in [9.17, 15) is 4.39 Å². The van der Waals surface area contributed by atoms with Crippen LogP contribution in [0.1, 0.15) is 38.5 Å². The van der Waals surface area contributed by atoms with Gasteiger partial charge in [0.2, 0.25) is 0 Å². The van der Waals surface area contributed by atoms with Crippen molar-refractivity contribution in [2.75, 3.05) is 25.0 Å². The topological polar surface area (TPSA) is 15.3 Å². The van der Waals surface area contributed by atoms with Gasteiger partial charge in [-0.05, 0) is 50.1 Å². The fourth-order valence-corrected chi connectivity index (χ4v) is 2.75. The molecule has 1 saturated carbocycles. The molecule has 1 aliphatic carbocycles. The van der Waals surface area contributed by atoms with Crippen LogP contribution in [0.2, 0.25) is 0 Å². The van der Waals surface area contributed by atoms with Gasteiger partial charge in [0.05, 0.1) is 0 Å². The standard InChI is InChI=1S/C16H25FN2/c1-19(16-10-8-14(17)9-11-16)13-5-12-18-15-6-3-2-4-7-15/h8-11,15,18H,2-7,12-13H2,1H3. The molecule has 0 aliphatic heterocycles. The molecule has 1 N–H and O–H groups in total. The SMILES string of the molecule is CN(CCCNC1CCCCC1)c1ccc(F)cc1. The lowest BCUT2D eigenvalue weighted by atomic mass is 9.95. The third kappa shape index (κ3) is 4.83. The number of nitrogens with one attached hydrogen (secondary N) is 1. The maximum atomic E-state index is 12.8. The second-order valence-corrected chi connectivity index (χ2v) is 5.54. The van der Waals surface area contributed by atoms with Crippen molar-refractivity contribution in [3.8, 4) is 0 Å². The molecule has 19 heavy (non-hydrogen) atoms. The van der Waals surface area contributed by atoms with Crippen molar-refractivity contribution in [1.82, 2.24) is 5.32 Å². The Kier molecular flexibility index (Phi) is 5.64. The minimum atomic E-state index is -0.170. The van der Waals surface area contributed by atoms with E-state index in [1.54, 1.807) is 0 Å². The quantitative estimate of drug-likeness (QED) is 0.790. The lowest BCUT2D eigenvalue weighted by Crippen LogP contribution is -2.33. The molecule has 0 saturated heterocycles. The molecule has 0 amide bonds. The minimum absolute atomic E-state index is 0.170. The first-order valence-corrected chi connectivity index (χ1v) is 7.46. The van der Waals surface area contributed by atoms with E-state index in [2.05, 4.69) is 17.3 Å². The lowest BCUT2D eigenvalue weighted by Gasteiger charge is -2.24. The molecule has 106 valence electrons. The van der Waals surface area contributed by atoms with E-state index in [0.29, 0.717) is 0 Å². The number of anilines is 1. The van der Waals surface area contributed by atoms with Gasteiger partial charge in [-0.25, -0.2) is 4.39 Å². The highest BCUT2D eigenvalue weighted by Crippen LogP contribution is 2.17. The second-order valence-electron chi connectivity index (χ2n) is 5.54. The second kappa shape index (κ2) is 7.49. The summed E-state index contributed by atoms with van der Waals surface area (Å²) >= 11 is 0. The van der Waals surface area contributed by atoms with E-state index < -0.39 is 0 Å². The van der Waals surface area contributed by atoms with E-state index >= 15 is 0 Å². The van der Waals surface area contributed by atoms with Crippen LogP contribution in [0, 0.1) is 5.82 Å². The van der Waals surface area contributed by atoms with E-state index in [-0.39, 0.29) is 5.82 Å². The highest BCUT2D eigenvalue weighted by atomic mass is 19.1. The summed E-state index contributed by atoms with van der Waals surface area (Å²) in [5.41, 5.74) is 1.08. The van der Waals surface area contributed by atoms with Crippen molar-refractivity contribution in [3.05, 3.63) is 30.1 Å². The van der Waals surface area contributed by atoms with Crippen LogP contribution in [0.15, 0.2) is 24.3 Å². The van der Waals surface area contributed by atoms with Gasteiger partial charge < -0.3 is 10.2 Å². The Morgan fingerprint density at radius 3 is 2.53 bits per heavy atom. The largest absolute Gasteiger partial charge is 0.375 e. The maximum Gasteiger partial charge on any atom is 0.123 e. The molecule has 0 spiro atoms. The number of nitrogens with zero attached hydrogens (tertiary/aromatic N) is 1. The summed E-state index contributed by atoms with van der Waals surface area (Å²) in [6.07, 6.45) is 7.98. The number of hydrogen-bond acceptors (Lipinski definition) is 2. The zero-order chi connectivity index (χ0) is 13.5. The average Bonchev–Trinajstić information content (AvgIpc) is 2.45. The summed E-state index contributed by atoms with van der Waals surface area (Å²) < 4.78 is 12.8. The minimum Gasteiger partial charge on any atom is -0.375 e. The average molecular weight is 264 g/mol. The van der Waals surface area contributed by atoms with Crippen molar-refractivity contribution in [1.29, 1.82) is 0 Å². The van der Waals surface area contributed by atoms with Gasteiger partial charge in [0.15, 0.2) is 0 Å². The fraction of sp³-hybridized carbons (Fsp3) is 0.625. The van der Waals surface area contributed by atoms with Gasteiger partial charge in [0, 0.05) is 25.3 Å². The van der Waals surface area contributed by atoms with Crippen LogP contribution in [0.3, 0.4) is 0 Å². The van der Waals surface area contributed by atoms with Crippen LogP contribution < -0.4 is 10.2 Å². The van der Waals surface area contributed by atoms with Gasteiger partial charge >= 0.3 is 0 Å². The van der Waals surface area contributed by atoms with Crippen LogP contribution in [-0.2, 0) is 0 Å². The summed E-state index contributed by atoms with van der Waals surface area (Å²) in [7, 11) is 2.06. The molecule has 0 unspecified atom stereocenters. The van der Waals surface area contributed by atoms with Gasteiger partial charge in [-0.3, -0.25) is 0 Å². The summed E-state index contributed by atoms with van der Waals surface area (Å²) in [4.78, 5) is 2.18. The zero-order valence-corrected chi connectivity index (χ0v) is 11.9. The summed E-state index contributed by atoms with van der Waals surface area (Å²) in [6.45, 7) is 2.08. The van der Waals surface area contributed by atoms with Crippen LogP contribution in [0.5, 0.6) is 0 Å². The highest BCUT2D eigenvalue weighted by molar-refractivity contribution is 5.45.